The van der Waals surface area contributed by atoms with Gasteiger partial charge >= 0.3 is 0 Å². The van der Waals surface area contributed by atoms with Crippen LogP contribution in [0.25, 0.3) is 0 Å². The van der Waals surface area contributed by atoms with Gasteiger partial charge in [0.1, 0.15) is 6.04 Å². The number of nitrogens with zero attached hydrogens (tertiary/aromatic N) is 3. The summed E-state index contributed by atoms with van der Waals surface area (Å²) in [6.07, 6.45) is 5.92. The summed E-state index contributed by atoms with van der Waals surface area (Å²) in [6.45, 7) is 10.6. The minimum atomic E-state index is -0.881. The van der Waals surface area contributed by atoms with E-state index in [1.807, 2.05) is 43.3 Å². The molecule has 3 saturated heterocycles. The molecule has 2 aromatic rings. The first-order chi connectivity index (χ1) is 20.8. The summed E-state index contributed by atoms with van der Waals surface area (Å²) < 4.78 is -0.796. The Morgan fingerprint density at radius 2 is 1.81 bits per heavy atom. The van der Waals surface area contributed by atoms with Crippen molar-refractivity contribution in [3.63, 3.8) is 0 Å². The molecular formula is C34H40ClN3O4S. The van der Waals surface area contributed by atoms with Crippen molar-refractivity contribution >= 4 is 46.8 Å². The molecule has 9 heteroatoms. The molecule has 0 aliphatic carbocycles. The van der Waals surface area contributed by atoms with Gasteiger partial charge < -0.3 is 19.8 Å². The van der Waals surface area contributed by atoms with Crippen LogP contribution in [0.1, 0.15) is 31.7 Å². The van der Waals surface area contributed by atoms with Crippen molar-refractivity contribution in [3.05, 3.63) is 90.5 Å². The van der Waals surface area contributed by atoms with Crippen LogP contribution in [0.3, 0.4) is 0 Å². The van der Waals surface area contributed by atoms with E-state index in [1.54, 1.807) is 56.8 Å². The number of benzene rings is 2. The van der Waals surface area contributed by atoms with E-state index in [9.17, 15) is 19.5 Å². The van der Waals surface area contributed by atoms with Crippen molar-refractivity contribution in [2.75, 3.05) is 31.1 Å². The van der Waals surface area contributed by atoms with E-state index in [1.165, 1.54) is 0 Å². The fourth-order valence-corrected chi connectivity index (χ4v) is 9.80. The van der Waals surface area contributed by atoms with Crippen LogP contribution >= 0.6 is 23.4 Å². The van der Waals surface area contributed by atoms with Gasteiger partial charge in [-0.3, -0.25) is 14.4 Å². The Morgan fingerprint density at radius 1 is 1.12 bits per heavy atom. The molecule has 3 heterocycles. The van der Waals surface area contributed by atoms with Crippen LogP contribution in [-0.2, 0) is 20.8 Å². The standard InChI is InChI=1S/C34H40ClN3O4S/c1-4-18-36(19-5-2)31(40)28-27-16-17-34(43-27)29(28)32(41)38(24(22-39)21-23-12-8-7-9-13-23)30(34)33(42)37(20-6-3)26-15-11-10-14-25(26)35/h4,6-15,24,27-30,39H,1,3,5,16-22H2,2H3/t24-,27+,28-,29+,30?,34?/m1/s1. The molecule has 228 valence electrons. The number of carbonyl (C=O) groups excluding carboxylic acids is 3. The Labute approximate surface area is 263 Å². The number of anilines is 1. The van der Waals surface area contributed by atoms with Gasteiger partial charge in [0.25, 0.3) is 5.91 Å². The molecule has 0 aromatic heterocycles. The number of aliphatic hydroxyl groups is 1. The van der Waals surface area contributed by atoms with E-state index in [0.29, 0.717) is 36.6 Å². The normalized spacial score (nSPS) is 26.2. The molecule has 0 radical (unpaired) electrons. The molecule has 7 nitrogen and oxygen atoms in total. The summed E-state index contributed by atoms with van der Waals surface area (Å²) in [6, 6.07) is 15.3. The monoisotopic (exact) mass is 621 g/mol. The lowest BCUT2D eigenvalue weighted by Gasteiger charge is -2.40. The first kappa shape index (κ1) is 31.4. The van der Waals surface area contributed by atoms with Gasteiger partial charge in [0.05, 0.1) is 39.9 Å². The smallest absolute Gasteiger partial charge is 0.251 e. The average molecular weight is 622 g/mol. The molecule has 5 rings (SSSR count). The van der Waals surface area contributed by atoms with Gasteiger partial charge in [-0.15, -0.1) is 24.9 Å². The van der Waals surface area contributed by atoms with Gasteiger partial charge in [0, 0.05) is 24.9 Å². The second-order valence-corrected chi connectivity index (χ2v) is 13.6. The number of para-hydroxylation sites is 1. The van der Waals surface area contributed by atoms with Crippen molar-refractivity contribution in [1.29, 1.82) is 0 Å². The minimum Gasteiger partial charge on any atom is -0.394 e. The Kier molecular flexibility index (Phi) is 9.69. The third kappa shape index (κ3) is 5.54. The Bertz CT molecular complexity index is 1370. The maximum atomic E-state index is 14.9. The summed E-state index contributed by atoms with van der Waals surface area (Å²) in [4.78, 5) is 48.7. The van der Waals surface area contributed by atoms with Gasteiger partial charge in [-0.05, 0) is 43.4 Å². The quantitative estimate of drug-likeness (QED) is 0.319. The predicted octanol–water partition coefficient (Wildman–Crippen LogP) is 4.98. The number of carbonyl (C=O) groups is 3. The van der Waals surface area contributed by atoms with E-state index in [-0.39, 0.29) is 36.1 Å². The molecule has 6 atom stereocenters. The summed E-state index contributed by atoms with van der Waals surface area (Å²) in [5.74, 6) is -1.75. The molecule has 3 fully saturated rings. The number of likely N-dealkylation sites (tertiary alicyclic amines) is 1. The molecular weight excluding hydrogens is 582 g/mol. The van der Waals surface area contributed by atoms with Gasteiger partial charge in [-0.1, -0.05) is 73.1 Å². The third-order valence-electron chi connectivity index (χ3n) is 9.05. The van der Waals surface area contributed by atoms with Crippen LogP contribution < -0.4 is 4.90 Å². The van der Waals surface area contributed by atoms with Crippen molar-refractivity contribution < 1.29 is 19.5 Å². The highest BCUT2D eigenvalue weighted by atomic mass is 35.5. The second kappa shape index (κ2) is 13.3. The van der Waals surface area contributed by atoms with Crippen LogP contribution in [0.5, 0.6) is 0 Å². The van der Waals surface area contributed by atoms with Crippen molar-refractivity contribution in [1.82, 2.24) is 9.80 Å². The van der Waals surface area contributed by atoms with E-state index < -0.39 is 28.7 Å². The maximum absolute atomic E-state index is 14.9. The lowest BCUT2D eigenvalue weighted by atomic mass is 9.70. The van der Waals surface area contributed by atoms with Crippen LogP contribution in [0, 0.1) is 11.8 Å². The third-order valence-corrected chi connectivity index (χ3v) is 11.3. The zero-order chi connectivity index (χ0) is 30.7. The number of hydrogen-bond donors (Lipinski definition) is 1. The number of rotatable bonds is 13. The molecule has 1 N–H and O–H groups in total. The second-order valence-electron chi connectivity index (χ2n) is 11.6. The highest BCUT2D eigenvalue weighted by Crippen LogP contribution is 2.67. The van der Waals surface area contributed by atoms with Gasteiger partial charge in [-0.2, -0.15) is 0 Å². The Balaban J connectivity index is 1.61. The summed E-state index contributed by atoms with van der Waals surface area (Å²) in [5.41, 5.74) is 1.49. The van der Waals surface area contributed by atoms with Gasteiger partial charge in [-0.25, -0.2) is 0 Å². The fourth-order valence-electron chi connectivity index (χ4n) is 7.36. The minimum absolute atomic E-state index is 0.0510. The fraction of sp³-hybridized carbons (Fsp3) is 0.441. The van der Waals surface area contributed by atoms with Crippen molar-refractivity contribution in [3.8, 4) is 0 Å². The zero-order valence-corrected chi connectivity index (χ0v) is 26.2. The first-order valence-electron chi connectivity index (χ1n) is 15.0. The molecule has 43 heavy (non-hydrogen) atoms. The maximum Gasteiger partial charge on any atom is 0.251 e. The largest absolute Gasteiger partial charge is 0.394 e. The SMILES string of the molecule is C=CCN(CCC)C(=O)[C@@H]1[C@@H]2CCC3(S2)C(C(=O)N(CC=C)c2ccccc2Cl)N([C@@H](CO)Cc2ccccc2)C(=O)[C@H]13. The van der Waals surface area contributed by atoms with E-state index in [0.717, 1.165) is 18.4 Å². The molecule has 2 unspecified atom stereocenters. The Morgan fingerprint density at radius 3 is 2.47 bits per heavy atom. The topological polar surface area (TPSA) is 81.2 Å². The highest BCUT2D eigenvalue weighted by molar-refractivity contribution is 8.02. The Hall–Kier alpha value is -3.07. The number of thioether (sulfide) groups is 1. The molecule has 2 bridgehead atoms. The van der Waals surface area contributed by atoms with Crippen LogP contribution in [0.15, 0.2) is 79.9 Å². The predicted molar refractivity (Wildman–Crippen MR) is 173 cm³/mol. The van der Waals surface area contributed by atoms with E-state index in [2.05, 4.69) is 13.2 Å². The number of aliphatic hydroxyl groups excluding tert-OH is 1. The highest BCUT2D eigenvalue weighted by Gasteiger charge is 2.74. The average Bonchev–Trinajstić information content (AvgIpc) is 3.66. The number of hydrogen-bond acceptors (Lipinski definition) is 5. The number of fused-ring (bicyclic) bond motifs is 1. The molecule has 0 saturated carbocycles. The zero-order valence-electron chi connectivity index (χ0n) is 24.6. The number of amides is 3. The number of halogens is 1. The van der Waals surface area contributed by atoms with Gasteiger partial charge in [0.15, 0.2) is 0 Å². The lowest BCUT2D eigenvalue weighted by molar-refractivity contribution is -0.145. The van der Waals surface area contributed by atoms with Crippen molar-refractivity contribution in [2.24, 2.45) is 11.8 Å². The molecule has 3 aliphatic heterocycles. The van der Waals surface area contributed by atoms with E-state index >= 15 is 0 Å². The van der Waals surface area contributed by atoms with Crippen LogP contribution in [0.4, 0.5) is 5.69 Å². The molecule has 2 aromatic carbocycles. The molecule has 3 amide bonds. The summed E-state index contributed by atoms with van der Waals surface area (Å²) >= 11 is 8.23. The van der Waals surface area contributed by atoms with Crippen LogP contribution in [-0.4, -0.2) is 80.9 Å². The first-order valence-corrected chi connectivity index (χ1v) is 16.3. The van der Waals surface area contributed by atoms with Crippen molar-refractivity contribution in [2.45, 2.75) is 54.7 Å². The molecule has 3 aliphatic rings. The van der Waals surface area contributed by atoms with E-state index in [4.69, 9.17) is 11.6 Å². The summed E-state index contributed by atoms with van der Waals surface area (Å²) in [7, 11) is 0. The lowest BCUT2D eigenvalue weighted by Crippen LogP contribution is -2.58. The van der Waals surface area contributed by atoms with Crippen LogP contribution in [0.2, 0.25) is 5.02 Å². The van der Waals surface area contributed by atoms with Gasteiger partial charge in [0.2, 0.25) is 11.8 Å². The summed E-state index contributed by atoms with van der Waals surface area (Å²) in [5, 5.41) is 11.1. The molecule has 1 spiro atoms.